The molecule has 2 aromatic carbocycles. The topological polar surface area (TPSA) is 76.5 Å². The van der Waals surface area contributed by atoms with Gasteiger partial charge in [-0.05, 0) is 65.1 Å². The van der Waals surface area contributed by atoms with Gasteiger partial charge in [-0.2, -0.15) is 0 Å². The molecule has 5 heteroatoms. The van der Waals surface area contributed by atoms with E-state index in [1.165, 1.54) is 7.11 Å². The summed E-state index contributed by atoms with van der Waals surface area (Å²) in [7, 11) is 1.36. The van der Waals surface area contributed by atoms with E-state index in [-0.39, 0.29) is 17.3 Å². The van der Waals surface area contributed by atoms with Crippen LogP contribution >= 0.6 is 0 Å². The number of carbonyl (C=O) groups excluding carboxylic acids is 1. The second kappa shape index (κ2) is 8.81. The molecular weight excluding hydrogens is 414 g/mol. The van der Waals surface area contributed by atoms with E-state index in [4.69, 9.17) is 9.72 Å². The first-order valence-electron chi connectivity index (χ1n) is 11.3. The Morgan fingerprint density at radius 1 is 1.12 bits per heavy atom. The molecule has 5 nitrogen and oxygen atoms in total. The lowest BCUT2D eigenvalue weighted by Gasteiger charge is -2.38. The number of para-hydroxylation sites is 1. The second-order valence-corrected chi connectivity index (χ2v) is 9.37. The highest BCUT2D eigenvalue weighted by Gasteiger charge is 2.36. The molecule has 1 heterocycles. The maximum Gasteiger partial charge on any atom is 0.337 e. The number of hydrogen-bond donors (Lipinski definition) is 1. The van der Waals surface area contributed by atoms with Gasteiger partial charge in [0.1, 0.15) is 0 Å². The summed E-state index contributed by atoms with van der Waals surface area (Å²) in [5.41, 5.74) is 5.14. The number of aromatic carboxylic acids is 1. The highest BCUT2D eigenvalue weighted by Crippen LogP contribution is 2.46. The van der Waals surface area contributed by atoms with E-state index in [0.717, 1.165) is 35.2 Å². The molecule has 0 fully saturated rings. The smallest absolute Gasteiger partial charge is 0.337 e. The van der Waals surface area contributed by atoms with Crippen LogP contribution in [0.3, 0.4) is 0 Å². The van der Waals surface area contributed by atoms with E-state index in [1.807, 2.05) is 36.4 Å². The normalized spacial score (nSPS) is 17.1. The molecule has 0 spiro atoms. The molecule has 0 saturated carbocycles. The van der Waals surface area contributed by atoms with Gasteiger partial charge in [0.15, 0.2) is 0 Å². The lowest BCUT2D eigenvalue weighted by molar-refractivity contribution is 0.0599. The summed E-state index contributed by atoms with van der Waals surface area (Å²) in [6.07, 6.45) is 4.58. The maximum atomic E-state index is 12.4. The molecule has 0 amide bonds. The molecule has 1 aliphatic carbocycles. The summed E-state index contributed by atoms with van der Waals surface area (Å²) in [6, 6.07) is 14.7. The number of nitrogens with zero attached hydrogens (tertiary/aromatic N) is 1. The Bertz CT molecular complexity index is 1250. The lowest BCUT2D eigenvalue weighted by atomic mass is 9.67. The Balaban J connectivity index is 1.91. The molecule has 4 rings (SSSR count). The van der Waals surface area contributed by atoms with E-state index in [0.29, 0.717) is 28.5 Å². The number of methoxy groups -OCH3 is 1. The second-order valence-electron chi connectivity index (χ2n) is 9.37. The van der Waals surface area contributed by atoms with Crippen LogP contribution in [0.4, 0.5) is 0 Å². The zero-order valence-corrected chi connectivity index (χ0v) is 19.5. The van der Waals surface area contributed by atoms with Crippen molar-refractivity contribution in [2.24, 2.45) is 11.3 Å². The number of allylic oxidation sites excluding steroid dienone is 1. The minimum atomic E-state index is -0.915. The Hall–Kier alpha value is -3.47. The Morgan fingerprint density at radius 3 is 2.45 bits per heavy atom. The first-order chi connectivity index (χ1) is 15.7. The van der Waals surface area contributed by atoms with Gasteiger partial charge in [0.2, 0.25) is 0 Å². The fraction of sp³-hybridized carbons (Fsp3) is 0.321. The first-order valence-corrected chi connectivity index (χ1v) is 11.3. The van der Waals surface area contributed by atoms with Gasteiger partial charge < -0.3 is 9.84 Å². The molecule has 0 radical (unpaired) electrons. The van der Waals surface area contributed by atoms with Crippen LogP contribution in [0.25, 0.3) is 22.6 Å². The van der Waals surface area contributed by atoms with E-state index >= 15 is 0 Å². The van der Waals surface area contributed by atoms with Crippen LogP contribution in [0.1, 0.15) is 71.1 Å². The first kappa shape index (κ1) is 22.7. The molecule has 1 aromatic heterocycles. The van der Waals surface area contributed by atoms with Crippen LogP contribution in [-0.2, 0) is 11.2 Å². The largest absolute Gasteiger partial charge is 0.478 e. The van der Waals surface area contributed by atoms with Crippen molar-refractivity contribution < 1.29 is 19.4 Å². The molecule has 3 aromatic rings. The number of carboxylic acids is 1. The quantitative estimate of drug-likeness (QED) is 0.471. The fourth-order valence-corrected chi connectivity index (χ4v) is 4.64. The van der Waals surface area contributed by atoms with Crippen molar-refractivity contribution in [3.05, 3.63) is 76.5 Å². The number of aromatic nitrogens is 1. The average Bonchev–Trinajstić information content (AvgIpc) is 2.82. The Kier molecular flexibility index (Phi) is 6.07. The lowest BCUT2D eigenvalue weighted by Crippen LogP contribution is -2.30. The predicted molar refractivity (Wildman–Crippen MR) is 130 cm³/mol. The van der Waals surface area contributed by atoms with Gasteiger partial charge in [-0.3, -0.25) is 0 Å². The van der Waals surface area contributed by atoms with Gasteiger partial charge in [0, 0.05) is 5.39 Å². The van der Waals surface area contributed by atoms with Crippen LogP contribution in [0.2, 0.25) is 0 Å². The standard InChI is InChI=1S/C28H29NO4/c1-5-28(2,3)20-15-19(14-17-10-12-18(13-11-17)27(32)33-4)25-22(16-20)24(26(30)31)21-8-6-7-9-23(21)29-25/h6-14,20H,5,15-16H2,1-4H3,(H,30,31). The van der Waals surface area contributed by atoms with E-state index in [1.54, 1.807) is 12.1 Å². The summed E-state index contributed by atoms with van der Waals surface area (Å²) in [5, 5.41) is 10.9. The number of benzene rings is 2. The van der Waals surface area contributed by atoms with Gasteiger partial charge >= 0.3 is 11.9 Å². The van der Waals surface area contributed by atoms with Crippen LogP contribution in [0, 0.1) is 11.3 Å². The van der Waals surface area contributed by atoms with Crippen molar-refractivity contribution in [2.75, 3.05) is 7.11 Å². The Labute approximate surface area is 194 Å². The van der Waals surface area contributed by atoms with Crippen LogP contribution in [-0.4, -0.2) is 29.1 Å². The summed E-state index contributed by atoms with van der Waals surface area (Å²) in [5.74, 6) is -1.00. The van der Waals surface area contributed by atoms with Gasteiger partial charge in [-0.25, -0.2) is 14.6 Å². The summed E-state index contributed by atoms with van der Waals surface area (Å²) < 4.78 is 4.79. The van der Waals surface area contributed by atoms with Crippen molar-refractivity contribution in [2.45, 2.75) is 40.0 Å². The number of ether oxygens (including phenoxy) is 1. The van der Waals surface area contributed by atoms with Crippen molar-refractivity contribution >= 4 is 34.5 Å². The molecule has 0 aliphatic heterocycles. The van der Waals surface area contributed by atoms with Crippen molar-refractivity contribution in [1.82, 2.24) is 4.98 Å². The van der Waals surface area contributed by atoms with E-state index in [9.17, 15) is 14.7 Å². The number of esters is 1. The maximum absolute atomic E-state index is 12.4. The molecule has 1 unspecified atom stereocenters. The molecular formula is C28H29NO4. The molecule has 1 aliphatic rings. The number of hydrogen-bond acceptors (Lipinski definition) is 4. The number of carbonyl (C=O) groups is 2. The summed E-state index contributed by atoms with van der Waals surface area (Å²) >= 11 is 0. The minimum Gasteiger partial charge on any atom is -0.478 e. The molecule has 33 heavy (non-hydrogen) atoms. The average molecular weight is 444 g/mol. The number of pyridine rings is 1. The summed E-state index contributed by atoms with van der Waals surface area (Å²) in [4.78, 5) is 29.1. The zero-order valence-electron chi connectivity index (χ0n) is 19.5. The minimum absolute atomic E-state index is 0.0486. The number of carboxylic acid groups (broad SMARTS) is 1. The Morgan fingerprint density at radius 2 is 1.82 bits per heavy atom. The molecule has 1 N–H and O–H groups in total. The van der Waals surface area contributed by atoms with Crippen LogP contribution in [0.15, 0.2) is 48.5 Å². The highest BCUT2D eigenvalue weighted by molar-refractivity contribution is 6.06. The SMILES string of the molecule is CCC(C)(C)C1CC(=Cc2ccc(C(=O)OC)cc2)c2nc3ccccc3c(C(=O)O)c2C1. The van der Waals surface area contributed by atoms with Crippen molar-refractivity contribution in [3.63, 3.8) is 0 Å². The van der Waals surface area contributed by atoms with E-state index in [2.05, 4.69) is 26.8 Å². The number of rotatable bonds is 5. The monoisotopic (exact) mass is 443 g/mol. The molecule has 0 bridgehead atoms. The third kappa shape index (κ3) is 4.28. The van der Waals surface area contributed by atoms with Crippen LogP contribution < -0.4 is 0 Å². The molecule has 1 atom stereocenters. The van der Waals surface area contributed by atoms with Crippen molar-refractivity contribution in [3.8, 4) is 0 Å². The van der Waals surface area contributed by atoms with Gasteiger partial charge in [0.05, 0.1) is 29.4 Å². The number of fused-ring (bicyclic) bond motifs is 2. The fourth-order valence-electron chi connectivity index (χ4n) is 4.64. The van der Waals surface area contributed by atoms with Gasteiger partial charge in [-0.15, -0.1) is 0 Å². The highest BCUT2D eigenvalue weighted by atomic mass is 16.5. The third-order valence-corrected chi connectivity index (χ3v) is 7.12. The third-order valence-electron chi connectivity index (χ3n) is 7.12. The predicted octanol–water partition coefficient (Wildman–Crippen LogP) is 6.26. The van der Waals surface area contributed by atoms with Crippen molar-refractivity contribution in [1.29, 1.82) is 0 Å². The van der Waals surface area contributed by atoms with Gasteiger partial charge in [0.25, 0.3) is 0 Å². The van der Waals surface area contributed by atoms with E-state index < -0.39 is 5.97 Å². The zero-order chi connectivity index (χ0) is 23.8. The van der Waals surface area contributed by atoms with Crippen LogP contribution in [0.5, 0.6) is 0 Å². The molecule has 170 valence electrons. The molecule has 0 saturated heterocycles. The summed E-state index contributed by atoms with van der Waals surface area (Å²) in [6.45, 7) is 6.68. The van der Waals surface area contributed by atoms with Gasteiger partial charge in [-0.1, -0.05) is 57.5 Å².